The second-order valence-electron chi connectivity index (χ2n) is 8.16. The Morgan fingerprint density at radius 2 is 1.94 bits per heavy atom. The van der Waals surface area contributed by atoms with E-state index in [4.69, 9.17) is 17.9 Å². The van der Waals surface area contributed by atoms with Crippen molar-refractivity contribution < 1.29 is 22.3 Å². The Balaban J connectivity index is 0.000000821. The third-order valence-electron chi connectivity index (χ3n) is 5.99. The van der Waals surface area contributed by atoms with Gasteiger partial charge in [0.15, 0.2) is 23.1 Å². The number of anilines is 1. The summed E-state index contributed by atoms with van der Waals surface area (Å²) in [7, 11) is 0. The lowest BCUT2D eigenvalue weighted by atomic mass is 9.79. The molecule has 1 aromatic heterocycles. The molecule has 0 spiro atoms. The molecule has 172 valence electrons. The molecule has 33 heavy (non-hydrogen) atoms. The number of aromatic nitrogens is 1. The van der Waals surface area contributed by atoms with Crippen LogP contribution in [0.4, 0.5) is 10.2 Å². The molecule has 5 rings (SSSR count). The van der Waals surface area contributed by atoms with Crippen LogP contribution in [0.15, 0.2) is 48.7 Å². The van der Waals surface area contributed by atoms with E-state index in [1.165, 1.54) is 12.0 Å². The van der Waals surface area contributed by atoms with E-state index in [1.54, 1.807) is 6.20 Å². The van der Waals surface area contributed by atoms with E-state index >= 15 is 4.39 Å². The van der Waals surface area contributed by atoms with Crippen LogP contribution in [0.25, 0.3) is 11.1 Å². The first kappa shape index (κ1) is 22.9. The summed E-state index contributed by atoms with van der Waals surface area (Å²) in [5.74, 6) is 1.78. The second kappa shape index (κ2) is 10.6. The van der Waals surface area contributed by atoms with E-state index in [1.807, 2.05) is 49.4 Å². The first-order valence-electron chi connectivity index (χ1n) is 10.9. The summed E-state index contributed by atoms with van der Waals surface area (Å²) in [5.41, 5.74) is 4.37. The maximum Gasteiger partial charge on any atom is 0.335 e. The van der Waals surface area contributed by atoms with Crippen molar-refractivity contribution in [2.45, 2.75) is 38.7 Å². The molecule has 2 aromatic carbocycles. The lowest BCUT2D eigenvalue weighted by molar-refractivity contribution is 0.278. The molecule has 0 amide bonds. The Labute approximate surface area is 195 Å². The van der Waals surface area contributed by atoms with Gasteiger partial charge in [-0.05, 0) is 37.3 Å². The minimum atomic E-state index is -0.750. The normalized spacial score (nSPS) is 14.5. The Hall–Kier alpha value is -3.26. The van der Waals surface area contributed by atoms with Gasteiger partial charge in [0.2, 0.25) is 0 Å². The van der Waals surface area contributed by atoms with Gasteiger partial charge in [-0.15, -0.1) is 0 Å². The topological polar surface area (TPSA) is 77.5 Å². The predicted octanol–water partition coefficient (Wildman–Crippen LogP) is 5.18. The average molecular weight is 469 g/mol. The van der Waals surface area contributed by atoms with Crippen LogP contribution in [0.3, 0.4) is 0 Å². The molecular weight excluding hydrogens is 443 g/mol. The highest BCUT2D eigenvalue weighted by atomic mass is 32.1. The molecule has 1 aliphatic carbocycles. The summed E-state index contributed by atoms with van der Waals surface area (Å²) >= 11 is -0.750. The Kier molecular flexibility index (Phi) is 7.34. The molecule has 0 radical (unpaired) electrons. The van der Waals surface area contributed by atoms with E-state index in [0.717, 1.165) is 30.5 Å². The molecule has 1 aliphatic heterocycles. The van der Waals surface area contributed by atoms with Crippen molar-refractivity contribution in [2.24, 2.45) is 0 Å². The second-order valence-corrected chi connectivity index (χ2v) is 8.30. The van der Waals surface area contributed by atoms with Crippen molar-refractivity contribution in [3.05, 3.63) is 71.2 Å². The number of halogens is 1. The molecule has 2 heterocycles. The number of fused-ring (bicyclic) bond motifs is 1. The van der Waals surface area contributed by atoms with Gasteiger partial charge >= 0.3 is 11.6 Å². The Morgan fingerprint density at radius 3 is 2.64 bits per heavy atom. The van der Waals surface area contributed by atoms with Gasteiger partial charge in [0, 0.05) is 22.9 Å². The summed E-state index contributed by atoms with van der Waals surface area (Å²) < 4.78 is 44.1. The monoisotopic (exact) mass is 468 g/mol. The van der Waals surface area contributed by atoms with Crippen LogP contribution < -0.4 is 14.8 Å². The molecule has 6 nitrogen and oxygen atoms in total. The van der Waals surface area contributed by atoms with Gasteiger partial charge in [-0.25, -0.2) is 9.37 Å². The van der Waals surface area contributed by atoms with Crippen molar-refractivity contribution >= 4 is 17.4 Å². The van der Waals surface area contributed by atoms with Gasteiger partial charge in [-0.1, -0.05) is 48.4 Å². The van der Waals surface area contributed by atoms with Gasteiger partial charge in [-0.2, -0.15) is 8.42 Å². The number of ether oxygens (including phenoxy) is 2. The van der Waals surface area contributed by atoms with Crippen molar-refractivity contribution in [2.75, 3.05) is 18.5 Å². The molecular formula is C25H25FN2O4S. The van der Waals surface area contributed by atoms with Gasteiger partial charge in [0.1, 0.15) is 13.2 Å². The zero-order valence-electron chi connectivity index (χ0n) is 18.3. The molecule has 0 unspecified atom stereocenters. The number of hydrogen-bond donors (Lipinski definition) is 1. The number of rotatable bonds is 5. The van der Waals surface area contributed by atoms with Crippen LogP contribution in [-0.4, -0.2) is 26.6 Å². The van der Waals surface area contributed by atoms with Crippen LogP contribution in [0.2, 0.25) is 0 Å². The standard InChI is InChI=1S/C25H25FN2O2.O2S/c1-16-5-7-17(8-6-16)15-30-24-21(18-3-2-4-18)10-9-20(23(24)26)19-13-22-25(28-14-19)27-11-12-29-22;1-3-2/h5-10,13-14,18H,2-4,11-12,15H2,1H3,(H,27,28);. The highest BCUT2D eigenvalue weighted by Gasteiger charge is 2.27. The minimum absolute atomic E-state index is 0.322. The molecule has 8 heteroatoms. The zero-order valence-corrected chi connectivity index (χ0v) is 19.1. The third-order valence-corrected chi connectivity index (χ3v) is 5.99. The fourth-order valence-electron chi connectivity index (χ4n) is 3.99. The van der Waals surface area contributed by atoms with E-state index in [-0.39, 0.29) is 5.82 Å². The van der Waals surface area contributed by atoms with E-state index in [9.17, 15) is 0 Å². The fourth-order valence-corrected chi connectivity index (χ4v) is 3.99. The van der Waals surface area contributed by atoms with Crippen molar-refractivity contribution in [1.29, 1.82) is 0 Å². The number of pyridine rings is 1. The van der Waals surface area contributed by atoms with Crippen LogP contribution in [0, 0.1) is 12.7 Å². The minimum Gasteiger partial charge on any atom is -0.488 e. The number of nitrogens with zero attached hydrogens (tertiary/aromatic N) is 1. The van der Waals surface area contributed by atoms with Gasteiger partial charge in [-0.3, -0.25) is 0 Å². The first-order valence-corrected chi connectivity index (χ1v) is 11.6. The van der Waals surface area contributed by atoms with E-state index in [2.05, 4.69) is 10.3 Å². The maximum absolute atomic E-state index is 15.7. The zero-order chi connectivity index (χ0) is 23.2. The van der Waals surface area contributed by atoms with Gasteiger partial charge in [0.25, 0.3) is 0 Å². The molecule has 0 atom stereocenters. The SMILES string of the molecule is Cc1ccc(COc2c(C3CCC3)ccc(-c3cnc4c(c3)OCCN4)c2F)cc1.O=S=O. The lowest BCUT2D eigenvalue weighted by Crippen LogP contribution is -2.19. The Morgan fingerprint density at radius 1 is 1.18 bits per heavy atom. The van der Waals surface area contributed by atoms with Gasteiger partial charge in [0.05, 0.1) is 6.54 Å². The lowest BCUT2D eigenvalue weighted by Gasteiger charge is -2.28. The van der Waals surface area contributed by atoms with Gasteiger partial charge < -0.3 is 14.8 Å². The summed E-state index contributed by atoms with van der Waals surface area (Å²) in [4.78, 5) is 4.41. The number of nitrogens with one attached hydrogen (secondary N) is 1. The Bertz CT molecular complexity index is 1160. The molecule has 1 saturated carbocycles. The van der Waals surface area contributed by atoms with Crippen LogP contribution >= 0.6 is 0 Å². The van der Waals surface area contributed by atoms with E-state index < -0.39 is 11.6 Å². The summed E-state index contributed by atoms with van der Waals surface area (Å²) in [6.45, 7) is 3.69. The van der Waals surface area contributed by atoms with Crippen LogP contribution in [-0.2, 0) is 18.2 Å². The molecule has 0 saturated heterocycles. The van der Waals surface area contributed by atoms with Crippen molar-refractivity contribution in [3.63, 3.8) is 0 Å². The fraction of sp³-hybridized carbons (Fsp3) is 0.320. The quantitative estimate of drug-likeness (QED) is 0.556. The summed E-state index contributed by atoms with van der Waals surface area (Å²) in [6, 6.07) is 13.9. The predicted molar refractivity (Wildman–Crippen MR) is 125 cm³/mol. The maximum atomic E-state index is 15.7. The number of aryl methyl sites for hydroxylation is 1. The van der Waals surface area contributed by atoms with Crippen LogP contribution in [0.5, 0.6) is 11.5 Å². The first-order chi connectivity index (χ1) is 16.1. The number of hydrogen-bond acceptors (Lipinski definition) is 6. The summed E-state index contributed by atoms with van der Waals surface area (Å²) in [6.07, 6.45) is 5.04. The summed E-state index contributed by atoms with van der Waals surface area (Å²) in [5, 5.41) is 3.19. The molecule has 2 aliphatic rings. The molecule has 1 fully saturated rings. The third kappa shape index (κ3) is 5.22. The van der Waals surface area contributed by atoms with Crippen molar-refractivity contribution in [3.8, 4) is 22.6 Å². The van der Waals surface area contributed by atoms with Crippen LogP contribution in [0.1, 0.15) is 41.9 Å². The van der Waals surface area contributed by atoms with E-state index in [0.29, 0.717) is 47.6 Å². The van der Waals surface area contributed by atoms with Crippen molar-refractivity contribution in [1.82, 2.24) is 4.98 Å². The smallest absolute Gasteiger partial charge is 0.335 e. The number of benzene rings is 2. The average Bonchev–Trinajstić information content (AvgIpc) is 2.79. The molecule has 3 aromatic rings. The highest BCUT2D eigenvalue weighted by molar-refractivity contribution is 7.51. The molecule has 0 bridgehead atoms. The highest BCUT2D eigenvalue weighted by Crippen LogP contribution is 2.44. The largest absolute Gasteiger partial charge is 0.488 e. The molecule has 1 N–H and O–H groups in total.